The lowest BCUT2D eigenvalue weighted by Gasteiger charge is -2.36. The third kappa shape index (κ3) is 3.98. The highest BCUT2D eigenvalue weighted by atomic mass is 19.1. The molecule has 1 atom stereocenters. The van der Waals surface area contributed by atoms with Gasteiger partial charge in [-0.1, -0.05) is 11.2 Å². The predicted octanol–water partition coefficient (Wildman–Crippen LogP) is 3.59. The Morgan fingerprint density at radius 3 is 2.88 bits per heavy atom. The summed E-state index contributed by atoms with van der Waals surface area (Å²) in [6, 6.07) is 9.96. The first-order valence-corrected chi connectivity index (χ1v) is 10.6. The molecule has 1 N–H and O–H groups in total. The van der Waals surface area contributed by atoms with E-state index in [0.717, 1.165) is 18.4 Å². The Balaban J connectivity index is 1.30. The molecule has 3 heterocycles. The number of rotatable bonds is 5. The molecule has 0 spiro atoms. The quantitative estimate of drug-likeness (QED) is 0.651. The highest BCUT2D eigenvalue weighted by molar-refractivity contribution is 5.85. The second kappa shape index (κ2) is 8.49. The summed E-state index contributed by atoms with van der Waals surface area (Å²) in [5.74, 6) is 1.59. The lowest BCUT2D eigenvalue weighted by molar-refractivity contribution is -0.123. The molecule has 8 nitrogen and oxygen atoms in total. The number of carbonyl (C=O) groups excluding carboxylic acids is 1. The van der Waals surface area contributed by atoms with Crippen LogP contribution in [0.2, 0.25) is 0 Å². The van der Waals surface area contributed by atoms with Crippen LogP contribution in [0.25, 0.3) is 11.4 Å². The molecule has 2 aliphatic rings. The smallest absolute Gasteiger partial charge is 0.242 e. The van der Waals surface area contributed by atoms with Crippen molar-refractivity contribution in [2.45, 2.75) is 38.8 Å². The number of anilines is 1. The first kappa shape index (κ1) is 20.3. The standard InChI is InChI=1S/C23H23FN4O4/c1-14-26-22(27-32-14)16-6-7-18(17(24)11-16)28-9-3-2-4-19(28)23(29)25-12-15-5-8-20-21(10-15)31-13-30-20/h5-8,10-11,19H,2-4,9,12-13H2,1H3,(H,25,29). The Bertz CT molecular complexity index is 1150. The summed E-state index contributed by atoms with van der Waals surface area (Å²) >= 11 is 0. The Hall–Kier alpha value is -3.62. The predicted molar refractivity (Wildman–Crippen MR) is 114 cm³/mol. The monoisotopic (exact) mass is 438 g/mol. The Morgan fingerprint density at radius 1 is 1.19 bits per heavy atom. The van der Waals surface area contributed by atoms with Crippen molar-refractivity contribution in [3.05, 3.63) is 53.7 Å². The molecule has 0 saturated carbocycles. The van der Waals surface area contributed by atoms with Gasteiger partial charge in [0.05, 0.1) is 5.69 Å². The highest BCUT2D eigenvalue weighted by Crippen LogP contribution is 2.33. The number of nitrogens with one attached hydrogen (secondary N) is 1. The van der Waals surface area contributed by atoms with Crippen LogP contribution in [-0.2, 0) is 11.3 Å². The lowest BCUT2D eigenvalue weighted by atomic mass is 9.99. The van der Waals surface area contributed by atoms with E-state index in [0.29, 0.717) is 54.0 Å². The average Bonchev–Trinajstić information content (AvgIpc) is 3.46. The van der Waals surface area contributed by atoms with Crippen LogP contribution in [0.3, 0.4) is 0 Å². The summed E-state index contributed by atoms with van der Waals surface area (Å²) in [6.07, 6.45) is 2.48. The van der Waals surface area contributed by atoms with E-state index in [1.54, 1.807) is 19.1 Å². The fourth-order valence-electron chi connectivity index (χ4n) is 4.15. The van der Waals surface area contributed by atoms with Crippen LogP contribution in [-0.4, -0.2) is 35.4 Å². The van der Waals surface area contributed by atoms with Gasteiger partial charge in [-0.25, -0.2) is 4.39 Å². The van der Waals surface area contributed by atoms with Crippen molar-refractivity contribution >= 4 is 11.6 Å². The number of hydrogen-bond acceptors (Lipinski definition) is 7. The van der Waals surface area contributed by atoms with Gasteiger partial charge in [0, 0.05) is 25.6 Å². The second-order valence-corrected chi connectivity index (χ2v) is 7.91. The van der Waals surface area contributed by atoms with Gasteiger partial charge < -0.3 is 24.2 Å². The summed E-state index contributed by atoms with van der Waals surface area (Å²) in [5, 5.41) is 6.83. The summed E-state index contributed by atoms with van der Waals surface area (Å²) in [6.45, 7) is 2.86. The molecule has 0 bridgehead atoms. The zero-order valence-electron chi connectivity index (χ0n) is 17.6. The molecule has 166 valence electrons. The molecule has 2 aromatic carbocycles. The molecule has 1 saturated heterocycles. The van der Waals surface area contributed by atoms with E-state index in [-0.39, 0.29) is 12.7 Å². The summed E-state index contributed by atoms with van der Waals surface area (Å²) < 4.78 is 30.8. The van der Waals surface area contributed by atoms with Crippen LogP contribution < -0.4 is 19.7 Å². The largest absolute Gasteiger partial charge is 0.454 e. The van der Waals surface area contributed by atoms with Gasteiger partial charge in [0.2, 0.25) is 24.4 Å². The number of hydrogen-bond donors (Lipinski definition) is 1. The zero-order valence-corrected chi connectivity index (χ0v) is 17.6. The van der Waals surface area contributed by atoms with Crippen LogP contribution in [0.1, 0.15) is 30.7 Å². The molecule has 2 aliphatic heterocycles. The van der Waals surface area contributed by atoms with Crippen LogP contribution in [0, 0.1) is 12.7 Å². The number of benzene rings is 2. The van der Waals surface area contributed by atoms with E-state index in [1.165, 1.54) is 6.07 Å². The third-order valence-corrected chi connectivity index (χ3v) is 5.75. The Labute approximate surface area is 184 Å². The first-order valence-electron chi connectivity index (χ1n) is 10.6. The van der Waals surface area contributed by atoms with Gasteiger partial charge >= 0.3 is 0 Å². The van der Waals surface area contributed by atoms with E-state index in [9.17, 15) is 4.79 Å². The fourth-order valence-corrected chi connectivity index (χ4v) is 4.15. The molecule has 1 aromatic heterocycles. The molecule has 32 heavy (non-hydrogen) atoms. The van der Waals surface area contributed by atoms with E-state index in [4.69, 9.17) is 14.0 Å². The first-order chi connectivity index (χ1) is 15.6. The lowest BCUT2D eigenvalue weighted by Crippen LogP contribution is -2.49. The van der Waals surface area contributed by atoms with E-state index in [1.807, 2.05) is 23.1 Å². The van der Waals surface area contributed by atoms with Crippen LogP contribution in [0.5, 0.6) is 11.5 Å². The SMILES string of the molecule is Cc1nc(-c2ccc(N3CCCCC3C(=O)NCc3ccc4c(c3)OCO4)c(F)c2)no1. The van der Waals surface area contributed by atoms with Crippen molar-refractivity contribution in [1.82, 2.24) is 15.5 Å². The number of piperidine rings is 1. The number of nitrogens with zero attached hydrogens (tertiary/aromatic N) is 3. The topological polar surface area (TPSA) is 89.7 Å². The summed E-state index contributed by atoms with van der Waals surface area (Å²) in [4.78, 5) is 19.0. The van der Waals surface area contributed by atoms with Gasteiger partial charge in [-0.2, -0.15) is 4.98 Å². The maximum absolute atomic E-state index is 15.1. The molecule has 9 heteroatoms. The molecule has 1 unspecified atom stereocenters. The minimum absolute atomic E-state index is 0.125. The minimum Gasteiger partial charge on any atom is -0.454 e. The summed E-state index contributed by atoms with van der Waals surface area (Å²) in [5.41, 5.74) is 1.84. The maximum Gasteiger partial charge on any atom is 0.242 e. The van der Waals surface area contributed by atoms with E-state index in [2.05, 4.69) is 15.5 Å². The van der Waals surface area contributed by atoms with Crippen molar-refractivity contribution in [3.63, 3.8) is 0 Å². The minimum atomic E-state index is -0.439. The van der Waals surface area contributed by atoms with Crippen LogP contribution in [0.4, 0.5) is 10.1 Å². The maximum atomic E-state index is 15.1. The number of aromatic nitrogens is 2. The normalized spacial score (nSPS) is 17.4. The van der Waals surface area contributed by atoms with Gasteiger partial charge in [-0.15, -0.1) is 0 Å². The fraction of sp³-hybridized carbons (Fsp3) is 0.348. The molecule has 0 radical (unpaired) electrons. The molecular weight excluding hydrogens is 415 g/mol. The zero-order chi connectivity index (χ0) is 22.1. The van der Waals surface area contributed by atoms with Crippen molar-refractivity contribution in [1.29, 1.82) is 0 Å². The average molecular weight is 438 g/mol. The van der Waals surface area contributed by atoms with Gasteiger partial charge in [0.15, 0.2) is 11.5 Å². The van der Waals surface area contributed by atoms with Gasteiger partial charge in [-0.05, 0) is 55.2 Å². The molecule has 0 aliphatic carbocycles. The number of fused-ring (bicyclic) bond motifs is 1. The highest BCUT2D eigenvalue weighted by Gasteiger charge is 2.30. The number of ether oxygens (including phenoxy) is 2. The van der Waals surface area contributed by atoms with Crippen molar-refractivity contribution in [2.24, 2.45) is 0 Å². The van der Waals surface area contributed by atoms with Crippen LogP contribution >= 0.6 is 0 Å². The second-order valence-electron chi connectivity index (χ2n) is 7.91. The summed E-state index contributed by atoms with van der Waals surface area (Å²) in [7, 11) is 0. The van der Waals surface area contributed by atoms with E-state index >= 15 is 4.39 Å². The van der Waals surface area contributed by atoms with Gasteiger partial charge in [0.25, 0.3) is 0 Å². The Morgan fingerprint density at radius 2 is 2.06 bits per heavy atom. The number of amides is 1. The van der Waals surface area contributed by atoms with Gasteiger partial charge in [0.1, 0.15) is 11.9 Å². The number of halogens is 1. The Kier molecular flexibility index (Phi) is 5.38. The van der Waals surface area contributed by atoms with Gasteiger partial charge in [-0.3, -0.25) is 4.79 Å². The molecule has 3 aromatic rings. The third-order valence-electron chi connectivity index (χ3n) is 5.75. The van der Waals surface area contributed by atoms with Crippen molar-refractivity contribution in [3.8, 4) is 22.9 Å². The molecular formula is C23H23FN4O4. The van der Waals surface area contributed by atoms with E-state index < -0.39 is 11.9 Å². The number of aryl methyl sites for hydroxylation is 1. The van der Waals surface area contributed by atoms with Crippen molar-refractivity contribution in [2.75, 3.05) is 18.2 Å². The molecule has 1 amide bonds. The molecule has 1 fully saturated rings. The van der Waals surface area contributed by atoms with Crippen molar-refractivity contribution < 1.29 is 23.2 Å². The molecule has 5 rings (SSSR count). The number of carbonyl (C=O) groups is 1. The van der Waals surface area contributed by atoms with Crippen LogP contribution in [0.15, 0.2) is 40.9 Å².